The number of benzene rings is 1. The average Bonchev–Trinajstić information content (AvgIpc) is 2.45. The van der Waals surface area contributed by atoms with E-state index in [0.717, 1.165) is 30.9 Å². The highest BCUT2D eigenvalue weighted by molar-refractivity contribution is 5.99. The van der Waals surface area contributed by atoms with Crippen LogP contribution in [0.1, 0.15) is 23.2 Å². The maximum Gasteiger partial charge on any atom is 0.255 e. The number of hydrogen-bond donors (Lipinski definition) is 2. The molecule has 1 unspecified atom stereocenters. The second-order valence-electron chi connectivity index (χ2n) is 5.34. The van der Waals surface area contributed by atoms with Gasteiger partial charge >= 0.3 is 0 Å². The molecule has 1 saturated heterocycles. The fourth-order valence-electron chi connectivity index (χ4n) is 2.42. The number of carbonyl (C=O) groups excluding carboxylic acids is 1. The summed E-state index contributed by atoms with van der Waals surface area (Å²) in [5.74, 6) is 0.695. The number of nitrogens with zero attached hydrogens (tertiary/aromatic N) is 1. The van der Waals surface area contributed by atoms with Crippen molar-refractivity contribution in [2.24, 2.45) is 5.92 Å². The molecule has 1 amide bonds. The monoisotopic (exact) mass is 261 g/mol. The summed E-state index contributed by atoms with van der Waals surface area (Å²) in [7, 11) is 3.56. The van der Waals surface area contributed by atoms with Gasteiger partial charge in [0.25, 0.3) is 5.91 Å². The molecule has 1 aromatic carbocycles. The predicted octanol–water partition coefficient (Wildman–Crippen LogP) is 1.80. The minimum absolute atomic E-state index is 0.0462. The number of carbonyl (C=O) groups is 1. The van der Waals surface area contributed by atoms with Crippen LogP contribution in [0.5, 0.6) is 0 Å². The molecule has 104 valence electrons. The van der Waals surface area contributed by atoms with E-state index >= 15 is 0 Å². The molecule has 0 aromatic heterocycles. The molecule has 1 aliphatic heterocycles. The molecule has 0 bridgehead atoms. The fraction of sp³-hybridized carbons (Fsp3) is 0.533. The molecule has 4 heteroatoms. The van der Waals surface area contributed by atoms with E-state index in [2.05, 4.69) is 10.6 Å². The van der Waals surface area contributed by atoms with Gasteiger partial charge in [-0.15, -0.1) is 0 Å². The highest BCUT2D eigenvalue weighted by atomic mass is 16.2. The summed E-state index contributed by atoms with van der Waals surface area (Å²) >= 11 is 0. The van der Waals surface area contributed by atoms with Gasteiger partial charge in [-0.25, -0.2) is 0 Å². The molecule has 0 saturated carbocycles. The second-order valence-corrected chi connectivity index (χ2v) is 5.34. The van der Waals surface area contributed by atoms with Crippen molar-refractivity contribution < 1.29 is 4.79 Å². The van der Waals surface area contributed by atoms with Crippen molar-refractivity contribution in [3.8, 4) is 0 Å². The molecular formula is C15H23N3O. The fourth-order valence-corrected chi connectivity index (χ4v) is 2.42. The quantitative estimate of drug-likeness (QED) is 0.868. The largest absolute Gasteiger partial charge is 0.384 e. The predicted molar refractivity (Wildman–Crippen MR) is 78.5 cm³/mol. The number of amides is 1. The molecule has 0 spiro atoms. The van der Waals surface area contributed by atoms with Crippen LogP contribution in [-0.4, -0.2) is 44.5 Å². The first-order valence-corrected chi connectivity index (χ1v) is 6.93. The number of nitrogens with one attached hydrogen (secondary N) is 2. The van der Waals surface area contributed by atoms with Crippen LogP contribution in [0.4, 0.5) is 5.69 Å². The Bertz CT molecular complexity index is 425. The van der Waals surface area contributed by atoms with Crippen LogP contribution in [0.15, 0.2) is 24.3 Å². The summed E-state index contributed by atoms with van der Waals surface area (Å²) in [6, 6.07) is 7.73. The Morgan fingerprint density at radius 2 is 2.21 bits per heavy atom. The van der Waals surface area contributed by atoms with E-state index in [1.54, 1.807) is 19.0 Å². The number of rotatable bonds is 4. The molecule has 1 aromatic rings. The average molecular weight is 261 g/mol. The van der Waals surface area contributed by atoms with Crippen LogP contribution in [-0.2, 0) is 0 Å². The summed E-state index contributed by atoms with van der Waals surface area (Å²) in [6.45, 7) is 3.12. The lowest BCUT2D eigenvalue weighted by Crippen LogP contribution is -2.34. The summed E-state index contributed by atoms with van der Waals surface area (Å²) < 4.78 is 0. The van der Waals surface area contributed by atoms with Gasteiger partial charge in [0.1, 0.15) is 0 Å². The molecule has 2 N–H and O–H groups in total. The van der Waals surface area contributed by atoms with Crippen molar-refractivity contribution in [1.82, 2.24) is 10.2 Å². The maximum absolute atomic E-state index is 12.1. The van der Waals surface area contributed by atoms with E-state index in [4.69, 9.17) is 0 Å². The Labute approximate surface area is 115 Å². The highest BCUT2D eigenvalue weighted by Gasteiger charge is 2.15. The Morgan fingerprint density at radius 3 is 2.89 bits per heavy atom. The van der Waals surface area contributed by atoms with Crippen molar-refractivity contribution in [3.63, 3.8) is 0 Å². The van der Waals surface area contributed by atoms with Crippen LogP contribution in [0.25, 0.3) is 0 Å². The Hall–Kier alpha value is -1.55. The summed E-state index contributed by atoms with van der Waals surface area (Å²) in [5, 5.41) is 6.84. The minimum atomic E-state index is 0.0462. The zero-order valence-electron chi connectivity index (χ0n) is 11.8. The third kappa shape index (κ3) is 3.70. The summed E-state index contributed by atoms with van der Waals surface area (Å²) in [4.78, 5) is 13.7. The standard InChI is InChI=1S/C15H23N3O/c1-18(2)15(19)13-7-3-4-8-14(13)17-11-12-6-5-9-16-10-12/h3-4,7-8,12,16-17H,5-6,9-11H2,1-2H3. The van der Waals surface area contributed by atoms with Gasteiger partial charge in [0.2, 0.25) is 0 Å². The first-order valence-electron chi connectivity index (χ1n) is 6.93. The lowest BCUT2D eigenvalue weighted by Gasteiger charge is -2.24. The zero-order chi connectivity index (χ0) is 13.7. The molecule has 2 rings (SSSR count). The molecule has 1 fully saturated rings. The van der Waals surface area contributed by atoms with Crippen LogP contribution in [0.3, 0.4) is 0 Å². The normalized spacial score (nSPS) is 18.9. The maximum atomic E-state index is 12.1. The number of piperidine rings is 1. The van der Waals surface area contributed by atoms with E-state index in [1.165, 1.54) is 12.8 Å². The van der Waals surface area contributed by atoms with E-state index in [9.17, 15) is 4.79 Å². The lowest BCUT2D eigenvalue weighted by atomic mass is 9.99. The molecule has 19 heavy (non-hydrogen) atoms. The third-order valence-corrected chi connectivity index (χ3v) is 3.54. The van der Waals surface area contributed by atoms with E-state index in [1.807, 2.05) is 24.3 Å². The topological polar surface area (TPSA) is 44.4 Å². The Morgan fingerprint density at radius 1 is 1.42 bits per heavy atom. The van der Waals surface area contributed by atoms with Crippen LogP contribution in [0.2, 0.25) is 0 Å². The van der Waals surface area contributed by atoms with Crippen molar-refractivity contribution in [1.29, 1.82) is 0 Å². The first kappa shape index (κ1) is 13.9. The number of anilines is 1. The molecule has 4 nitrogen and oxygen atoms in total. The Kier molecular flexibility index (Phi) is 4.80. The van der Waals surface area contributed by atoms with Crippen LogP contribution < -0.4 is 10.6 Å². The van der Waals surface area contributed by atoms with Gasteiger partial charge in [0.05, 0.1) is 5.56 Å². The smallest absolute Gasteiger partial charge is 0.255 e. The minimum Gasteiger partial charge on any atom is -0.384 e. The molecule has 0 radical (unpaired) electrons. The van der Waals surface area contributed by atoms with Gasteiger partial charge in [-0.3, -0.25) is 4.79 Å². The van der Waals surface area contributed by atoms with E-state index in [-0.39, 0.29) is 5.91 Å². The van der Waals surface area contributed by atoms with Gasteiger partial charge < -0.3 is 15.5 Å². The van der Waals surface area contributed by atoms with Gasteiger partial charge in [0.15, 0.2) is 0 Å². The van der Waals surface area contributed by atoms with Gasteiger partial charge in [-0.2, -0.15) is 0 Å². The lowest BCUT2D eigenvalue weighted by molar-refractivity contribution is 0.0828. The number of para-hydroxylation sites is 1. The third-order valence-electron chi connectivity index (χ3n) is 3.54. The van der Waals surface area contributed by atoms with Crippen LogP contribution >= 0.6 is 0 Å². The molecular weight excluding hydrogens is 238 g/mol. The zero-order valence-corrected chi connectivity index (χ0v) is 11.8. The van der Waals surface area contributed by atoms with E-state index in [0.29, 0.717) is 5.92 Å². The molecule has 1 heterocycles. The number of hydrogen-bond acceptors (Lipinski definition) is 3. The van der Waals surface area contributed by atoms with Gasteiger partial charge in [-0.05, 0) is 44.0 Å². The van der Waals surface area contributed by atoms with Crippen LogP contribution in [0, 0.1) is 5.92 Å². The SMILES string of the molecule is CN(C)C(=O)c1ccccc1NCC1CCCNC1. The summed E-state index contributed by atoms with van der Waals surface area (Å²) in [6.07, 6.45) is 2.49. The van der Waals surface area contributed by atoms with Crippen molar-refractivity contribution in [2.45, 2.75) is 12.8 Å². The van der Waals surface area contributed by atoms with Gasteiger partial charge in [0, 0.05) is 26.3 Å². The second kappa shape index (κ2) is 6.57. The molecule has 1 atom stereocenters. The van der Waals surface area contributed by atoms with Gasteiger partial charge in [-0.1, -0.05) is 12.1 Å². The van der Waals surface area contributed by atoms with Crippen molar-refractivity contribution in [3.05, 3.63) is 29.8 Å². The molecule has 0 aliphatic carbocycles. The Balaban J connectivity index is 2.01. The van der Waals surface area contributed by atoms with Crippen molar-refractivity contribution >= 4 is 11.6 Å². The molecule has 1 aliphatic rings. The highest BCUT2D eigenvalue weighted by Crippen LogP contribution is 2.18. The van der Waals surface area contributed by atoms with E-state index < -0.39 is 0 Å². The summed E-state index contributed by atoms with van der Waals surface area (Å²) in [5.41, 5.74) is 1.68. The first-order chi connectivity index (χ1) is 9.18. The van der Waals surface area contributed by atoms with Crippen molar-refractivity contribution in [2.75, 3.05) is 39.0 Å².